The number of hydrogen-bond acceptors (Lipinski definition) is 3. The molecule has 0 heterocycles. The molecular formula is CH4N2S2. The van der Waals surface area contributed by atoms with E-state index in [1.54, 1.807) is 0 Å². The molecule has 4 heteroatoms. The molecule has 0 saturated heterocycles. The van der Waals surface area contributed by atoms with E-state index in [2.05, 4.69) is 30.0 Å². The molecule has 0 amide bonds. The molecule has 2 nitrogen and oxygen atoms in total. The van der Waals surface area contributed by atoms with Gasteiger partial charge in [0.1, 0.15) is 0 Å². The zero-order valence-electron chi connectivity index (χ0n) is 2.46. The van der Waals surface area contributed by atoms with Gasteiger partial charge in [0.25, 0.3) is 0 Å². The molecule has 0 atom stereocenters. The van der Waals surface area contributed by atoms with E-state index in [0.717, 1.165) is 0 Å². The van der Waals surface area contributed by atoms with Crippen molar-refractivity contribution in [1.29, 1.82) is 0 Å². The minimum atomic E-state index is 1.40. The summed E-state index contributed by atoms with van der Waals surface area (Å²) < 4.78 is 4.66. The Morgan fingerprint density at radius 2 is 2.60 bits per heavy atom. The predicted molar refractivity (Wildman–Crippen MR) is 26.8 cm³/mol. The minimum absolute atomic E-state index is 1.40. The van der Waals surface area contributed by atoms with Crippen LogP contribution in [0.2, 0.25) is 0 Å². The highest BCUT2D eigenvalue weighted by Crippen LogP contribution is 1.58. The smallest absolute Gasteiger partial charge is 0.175 e. The summed E-state index contributed by atoms with van der Waals surface area (Å²) in [6, 6.07) is 0. The average Bonchev–Trinajstić information content (AvgIpc) is 1.41. The van der Waals surface area contributed by atoms with Crippen LogP contribution in [0.5, 0.6) is 0 Å². The van der Waals surface area contributed by atoms with Crippen LogP contribution in [0.25, 0.3) is 0 Å². The van der Waals surface area contributed by atoms with Gasteiger partial charge in [-0.05, 0) is 12.8 Å². The first kappa shape index (κ1) is 5.33. The quantitative estimate of drug-likeness (QED) is 0.189. The summed E-state index contributed by atoms with van der Waals surface area (Å²) in [6.07, 6.45) is 1.43. The molecule has 0 unspecified atom stereocenters. The van der Waals surface area contributed by atoms with Crippen LogP contribution in [0.4, 0.5) is 0 Å². The fraction of sp³-hybridized carbons (Fsp3) is 0. The van der Waals surface area contributed by atoms with Gasteiger partial charge in [-0.25, -0.2) is 0 Å². The molecule has 30 valence electrons. The molecule has 0 aliphatic carbocycles. The Morgan fingerprint density at radius 1 is 2.00 bits per heavy atom. The van der Waals surface area contributed by atoms with Crippen molar-refractivity contribution in [3.8, 4) is 0 Å². The first-order chi connectivity index (χ1) is 2.41. The number of nitrogens with zero attached hydrogens (tertiary/aromatic N) is 1. The van der Waals surface area contributed by atoms with Gasteiger partial charge in [-0.2, -0.15) is 4.40 Å². The van der Waals surface area contributed by atoms with Crippen molar-refractivity contribution in [2.45, 2.75) is 0 Å². The Kier molecular flexibility index (Phi) is 4.62. The molecule has 0 aromatic heterocycles. The lowest BCUT2D eigenvalue weighted by atomic mass is 11.4. The molecule has 0 aliphatic heterocycles. The number of hydrogen-bond donors (Lipinski definition) is 2. The average molecular weight is 108 g/mol. The van der Waals surface area contributed by atoms with Gasteiger partial charge < -0.3 is 17.5 Å². The van der Waals surface area contributed by atoms with E-state index in [4.69, 9.17) is 0 Å². The summed E-state index contributed by atoms with van der Waals surface area (Å²) in [5, 5.41) is 0. The molecule has 0 rings (SSSR count). The highest BCUT2D eigenvalue weighted by atomic mass is 32.1. The lowest BCUT2D eigenvalue weighted by Crippen LogP contribution is -2.75. The van der Waals surface area contributed by atoms with Gasteiger partial charge in [0.2, 0.25) is 0 Å². The van der Waals surface area contributed by atoms with Gasteiger partial charge in [-0.15, -0.1) is 0 Å². The lowest BCUT2D eigenvalue weighted by Gasteiger charge is -1.82. The van der Waals surface area contributed by atoms with Crippen LogP contribution in [0.3, 0.4) is 0 Å². The van der Waals surface area contributed by atoms with Crippen LogP contribution >= 0.6 is 12.8 Å². The fourth-order valence-corrected chi connectivity index (χ4v) is 0.245. The second kappa shape index (κ2) is 4.33. The molecule has 0 aliphatic rings. The van der Waals surface area contributed by atoms with Crippen molar-refractivity contribution in [1.82, 2.24) is 0 Å². The third kappa shape index (κ3) is 4.33. The second-order valence-electron chi connectivity index (χ2n) is 0.401. The Hall–Kier alpha value is 0.330. The van der Waals surface area contributed by atoms with Crippen LogP contribution < -0.4 is 4.72 Å². The summed E-state index contributed by atoms with van der Waals surface area (Å²) in [5.74, 6) is 0. The lowest BCUT2D eigenvalue weighted by molar-refractivity contribution is -0.324. The molecule has 0 spiro atoms. The van der Waals surface area contributed by atoms with Gasteiger partial charge in [-0.1, -0.05) is 0 Å². The van der Waals surface area contributed by atoms with E-state index in [-0.39, 0.29) is 0 Å². The van der Waals surface area contributed by atoms with Gasteiger partial charge in [0.05, 0.1) is 0 Å². The van der Waals surface area contributed by atoms with Crippen LogP contribution in [0, 0.1) is 0 Å². The number of rotatable bonds is 1. The third-order valence-corrected chi connectivity index (χ3v) is 0.383. The van der Waals surface area contributed by atoms with E-state index < -0.39 is 0 Å². The Balaban J connectivity index is 2.62. The monoisotopic (exact) mass is 108 g/mol. The van der Waals surface area contributed by atoms with Crippen molar-refractivity contribution in [3.05, 3.63) is 0 Å². The van der Waals surface area contributed by atoms with Crippen molar-refractivity contribution in [2.24, 2.45) is 4.40 Å². The third-order valence-electron chi connectivity index (χ3n) is 0.128. The van der Waals surface area contributed by atoms with Gasteiger partial charge in [0, 0.05) is 0 Å². The van der Waals surface area contributed by atoms with E-state index in [1.165, 1.54) is 11.1 Å². The SMILES string of the molecule is [S-][NH2+]C=NS. The van der Waals surface area contributed by atoms with Gasteiger partial charge in [0.15, 0.2) is 6.34 Å². The first-order valence-electron chi connectivity index (χ1n) is 1.03. The topological polar surface area (TPSA) is 29.0 Å². The van der Waals surface area contributed by atoms with Crippen molar-refractivity contribution in [3.63, 3.8) is 0 Å². The molecule has 5 heavy (non-hydrogen) atoms. The fourth-order valence-electron chi connectivity index (χ4n) is 0.0272. The van der Waals surface area contributed by atoms with Crippen LogP contribution in [-0.2, 0) is 12.8 Å². The van der Waals surface area contributed by atoms with Crippen molar-refractivity contribution in [2.75, 3.05) is 0 Å². The summed E-state index contributed by atoms with van der Waals surface area (Å²) in [4.78, 5) is 0. The maximum atomic E-state index is 4.33. The zero-order valence-corrected chi connectivity index (χ0v) is 4.17. The van der Waals surface area contributed by atoms with Crippen LogP contribution in [0.15, 0.2) is 4.40 Å². The van der Waals surface area contributed by atoms with Gasteiger partial charge >= 0.3 is 0 Å². The van der Waals surface area contributed by atoms with Crippen molar-refractivity contribution < 1.29 is 4.72 Å². The van der Waals surface area contributed by atoms with Gasteiger partial charge in [-0.3, -0.25) is 0 Å². The minimum Gasteiger partial charge on any atom is -0.491 e. The summed E-state index contributed by atoms with van der Waals surface area (Å²) in [5.41, 5.74) is 0. The molecule has 0 radical (unpaired) electrons. The molecule has 0 aromatic carbocycles. The number of thiol groups is 1. The highest BCUT2D eigenvalue weighted by molar-refractivity contribution is 7.78. The normalized spacial score (nSPS) is 10.0. The largest absolute Gasteiger partial charge is 0.491 e. The van der Waals surface area contributed by atoms with E-state index in [9.17, 15) is 0 Å². The summed E-state index contributed by atoms with van der Waals surface area (Å²) in [7, 11) is 0. The van der Waals surface area contributed by atoms with E-state index in [0.29, 0.717) is 0 Å². The zero-order chi connectivity index (χ0) is 4.12. The predicted octanol–water partition coefficient (Wildman–Crippen LogP) is -1.12. The number of nitrogens with two attached hydrogens (primary N) is 1. The van der Waals surface area contributed by atoms with E-state index >= 15 is 0 Å². The molecule has 0 aromatic rings. The summed E-state index contributed by atoms with van der Waals surface area (Å²) in [6.45, 7) is 0. The Bertz CT molecular complexity index is 34.6. The molecule has 0 fully saturated rings. The van der Waals surface area contributed by atoms with Crippen LogP contribution in [0.1, 0.15) is 0 Å². The van der Waals surface area contributed by atoms with Crippen molar-refractivity contribution >= 4 is 32.0 Å². The highest BCUT2D eigenvalue weighted by Gasteiger charge is 1.45. The molecule has 2 N–H and O–H groups in total. The Morgan fingerprint density at radius 3 is 2.60 bits per heavy atom. The maximum absolute atomic E-state index is 4.33. The second-order valence-corrected chi connectivity index (χ2v) is 0.904. The Labute approximate surface area is 41.8 Å². The standard InChI is InChI=1S/CH4N2S2/c4-2-1-3-5/h1,5H,2H2. The molecule has 0 bridgehead atoms. The first-order valence-corrected chi connectivity index (χ1v) is 1.90. The van der Waals surface area contributed by atoms with Crippen LogP contribution in [-0.4, -0.2) is 6.34 Å². The summed E-state index contributed by atoms with van der Waals surface area (Å²) >= 11 is 7.80. The maximum Gasteiger partial charge on any atom is 0.175 e. The molecule has 0 saturated carbocycles. The molecular weight excluding hydrogens is 104 g/mol. The number of quaternary nitrogens is 1. The van der Waals surface area contributed by atoms with E-state index in [1.807, 2.05) is 0 Å².